The molecule has 0 saturated carbocycles. The number of fused-ring (bicyclic) bond motifs is 1. The number of ketones is 1. The van der Waals surface area contributed by atoms with Gasteiger partial charge in [-0.25, -0.2) is 4.98 Å². The molecule has 2 N–H and O–H groups in total. The Morgan fingerprint density at radius 3 is 3.00 bits per heavy atom. The molecule has 0 fully saturated rings. The molecule has 13 heavy (non-hydrogen) atoms. The van der Waals surface area contributed by atoms with Crippen molar-refractivity contribution in [1.82, 2.24) is 9.97 Å². The van der Waals surface area contributed by atoms with Crippen LogP contribution in [0.25, 0.3) is 0 Å². The second-order valence-corrected chi connectivity index (χ2v) is 2.87. The number of carbonyl (C=O) groups is 1. The molecule has 1 aliphatic heterocycles. The molecule has 2 rings (SSSR count). The molecular formula is C8H9N3O2. The smallest absolute Gasteiger partial charge is 0.229 e. The van der Waals surface area contributed by atoms with Crippen LogP contribution in [0.2, 0.25) is 0 Å². The zero-order chi connectivity index (χ0) is 9.42. The van der Waals surface area contributed by atoms with E-state index in [2.05, 4.69) is 9.97 Å². The van der Waals surface area contributed by atoms with Crippen LogP contribution in [-0.4, -0.2) is 22.4 Å². The van der Waals surface area contributed by atoms with Crippen molar-refractivity contribution < 1.29 is 9.53 Å². The summed E-state index contributed by atoms with van der Waals surface area (Å²) in [6.07, 6.45) is 0.390. The van der Waals surface area contributed by atoms with Crippen molar-refractivity contribution in [3.8, 4) is 5.88 Å². The molecule has 0 aliphatic carbocycles. The number of aryl methyl sites for hydroxylation is 1. The number of rotatable bonds is 0. The predicted molar refractivity (Wildman–Crippen MR) is 45.6 cm³/mol. The second kappa shape index (κ2) is 2.69. The Balaban J connectivity index is 2.63. The zero-order valence-corrected chi connectivity index (χ0v) is 7.20. The average molecular weight is 179 g/mol. The lowest BCUT2D eigenvalue weighted by Gasteiger charge is -2.16. The van der Waals surface area contributed by atoms with Crippen LogP contribution in [-0.2, 0) is 0 Å². The molecular weight excluding hydrogens is 170 g/mol. The highest BCUT2D eigenvalue weighted by Gasteiger charge is 2.23. The molecule has 0 amide bonds. The number of hydrogen-bond acceptors (Lipinski definition) is 5. The van der Waals surface area contributed by atoms with Crippen LogP contribution >= 0.6 is 0 Å². The van der Waals surface area contributed by atoms with Crippen LogP contribution in [0, 0.1) is 6.92 Å². The molecule has 68 valence electrons. The van der Waals surface area contributed by atoms with Crippen molar-refractivity contribution in [2.45, 2.75) is 13.3 Å². The van der Waals surface area contributed by atoms with Gasteiger partial charge in [0.2, 0.25) is 11.8 Å². The van der Waals surface area contributed by atoms with Gasteiger partial charge in [-0.15, -0.1) is 0 Å². The first-order valence-electron chi connectivity index (χ1n) is 3.98. The number of nitrogens with zero attached hydrogens (tertiary/aromatic N) is 2. The van der Waals surface area contributed by atoms with Gasteiger partial charge in [0.15, 0.2) is 5.78 Å². The van der Waals surface area contributed by atoms with Gasteiger partial charge >= 0.3 is 0 Å². The summed E-state index contributed by atoms with van der Waals surface area (Å²) in [5.74, 6) is 0.492. The normalized spacial score (nSPS) is 15.0. The van der Waals surface area contributed by atoms with E-state index in [1.165, 1.54) is 0 Å². The fourth-order valence-corrected chi connectivity index (χ4v) is 1.36. The van der Waals surface area contributed by atoms with Gasteiger partial charge in [0.25, 0.3) is 0 Å². The Morgan fingerprint density at radius 2 is 2.23 bits per heavy atom. The zero-order valence-electron chi connectivity index (χ0n) is 7.20. The molecule has 5 nitrogen and oxygen atoms in total. The van der Waals surface area contributed by atoms with Crippen molar-refractivity contribution in [3.63, 3.8) is 0 Å². The highest BCUT2D eigenvalue weighted by molar-refractivity contribution is 6.00. The summed E-state index contributed by atoms with van der Waals surface area (Å²) in [6, 6.07) is 0. The first-order chi connectivity index (χ1) is 6.18. The molecule has 1 aromatic heterocycles. The van der Waals surface area contributed by atoms with Crippen LogP contribution in [0.15, 0.2) is 0 Å². The Labute approximate surface area is 74.9 Å². The van der Waals surface area contributed by atoms with Crippen molar-refractivity contribution in [1.29, 1.82) is 0 Å². The van der Waals surface area contributed by atoms with Gasteiger partial charge in [0, 0.05) is 6.42 Å². The van der Waals surface area contributed by atoms with Crippen LogP contribution in [0.1, 0.15) is 22.5 Å². The fourth-order valence-electron chi connectivity index (χ4n) is 1.36. The van der Waals surface area contributed by atoms with E-state index in [9.17, 15) is 4.79 Å². The quantitative estimate of drug-likeness (QED) is 0.621. The van der Waals surface area contributed by atoms with E-state index in [0.29, 0.717) is 30.2 Å². The molecule has 0 spiro atoms. The molecule has 0 aromatic carbocycles. The standard InChI is InChI=1S/C8H9N3O2/c1-4-6-5(12)2-3-13-7(6)11-8(9)10-4/h2-3H2,1H3,(H2,9,10,11). The minimum Gasteiger partial charge on any atom is -0.477 e. The Morgan fingerprint density at radius 1 is 1.46 bits per heavy atom. The van der Waals surface area contributed by atoms with Crippen LogP contribution in [0.3, 0.4) is 0 Å². The van der Waals surface area contributed by atoms with Crippen molar-refractivity contribution in [2.24, 2.45) is 0 Å². The number of anilines is 1. The minimum absolute atomic E-state index is 0.0266. The SMILES string of the molecule is Cc1nc(N)nc2c1C(=O)CCO2. The third-order valence-corrected chi connectivity index (χ3v) is 1.92. The van der Waals surface area contributed by atoms with Gasteiger partial charge in [-0.05, 0) is 6.92 Å². The number of hydrogen-bond donors (Lipinski definition) is 1. The predicted octanol–water partition coefficient (Wildman–Crippen LogP) is 0.332. The number of nitrogen functional groups attached to an aromatic ring is 1. The lowest BCUT2D eigenvalue weighted by Crippen LogP contribution is -2.19. The molecule has 2 heterocycles. The third-order valence-electron chi connectivity index (χ3n) is 1.92. The van der Waals surface area contributed by atoms with Gasteiger partial charge in [-0.2, -0.15) is 4.98 Å². The first-order valence-corrected chi connectivity index (χ1v) is 3.98. The van der Waals surface area contributed by atoms with Crippen LogP contribution in [0.5, 0.6) is 5.88 Å². The number of ether oxygens (including phenoxy) is 1. The van der Waals surface area contributed by atoms with E-state index in [1.807, 2.05) is 0 Å². The molecule has 0 saturated heterocycles. The Bertz CT molecular complexity index is 376. The number of nitrogens with two attached hydrogens (primary N) is 1. The topological polar surface area (TPSA) is 78.1 Å². The summed E-state index contributed by atoms with van der Waals surface area (Å²) in [4.78, 5) is 19.2. The summed E-state index contributed by atoms with van der Waals surface area (Å²) in [5, 5.41) is 0. The van der Waals surface area contributed by atoms with E-state index in [1.54, 1.807) is 6.92 Å². The van der Waals surface area contributed by atoms with Crippen LogP contribution in [0.4, 0.5) is 5.95 Å². The highest BCUT2D eigenvalue weighted by atomic mass is 16.5. The second-order valence-electron chi connectivity index (χ2n) is 2.87. The summed E-state index contributed by atoms with van der Waals surface area (Å²) in [7, 11) is 0. The van der Waals surface area contributed by atoms with Gasteiger partial charge < -0.3 is 10.5 Å². The van der Waals surface area contributed by atoms with Crippen molar-refractivity contribution in [2.75, 3.05) is 12.3 Å². The fraction of sp³-hybridized carbons (Fsp3) is 0.375. The summed E-state index contributed by atoms with van der Waals surface area (Å²) < 4.78 is 5.20. The van der Waals surface area contributed by atoms with Gasteiger partial charge in [0.05, 0.1) is 12.3 Å². The molecule has 0 unspecified atom stereocenters. The van der Waals surface area contributed by atoms with Crippen molar-refractivity contribution in [3.05, 3.63) is 11.3 Å². The van der Waals surface area contributed by atoms with Crippen molar-refractivity contribution >= 4 is 11.7 Å². The number of aromatic nitrogens is 2. The van der Waals surface area contributed by atoms with E-state index in [4.69, 9.17) is 10.5 Å². The Hall–Kier alpha value is -1.65. The summed E-state index contributed by atoms with van der Waals surface area (Å²) in [5.41, 5.74) is 6.48. The summed E-state index contributed by atoms with van der Waals surface area (Å²) >= 11 is 0. The van der Waals surface area contributed by atoms with E-state index in [0.717, 1.165) is 0 Å². The molecule has 0 radical (unpaired) electrons. The maximum Gasteiger partial charge on any atom is 0.229 e. The van der Waals surface area contributed by atoms with Crippen LogP contribution < -0.4 is 10.5 Å². The lowest BCUT2D eigenvalue weighted by atomic mass is 10.1. The monoisotopic (exact) mass is 179 g/mol. The third kappa shape index (κ3) is 1.22. The van der Waals surface area contributed by atoms with E-state index < -0.39 is 0 Å². The molecule has 0 bridgehead atoms. The first kappa shape index (κ1) is 7.97. The highest BCUT2D eigenvalue weighted by Crippen LogP contribution is 2.24. The maximum atomic E-state index is 11.4. The van der Waals surface area contributed by atoms with E-state index in [-0.39, 0.29) is 11.7 Å². The minimum atomic E-state index is 0.0266. The largest absolute Gasteiger partial charge is 0.477 e. The average Bonchev–Trinajstić information content (AvgIpc) is 2.02. The van der Waals surface area contributed by atoms with E-state index >= 15 is 0 Å². The Kier molecular flexibility index (Phi) is 1.65. The maximum absolute atomic E-state index is 11.4. The van der Waals surface area contributed by atoms with Gasteiger partial charge in [-0.1, -0.05) is 0 Å². The lowest BCUT2D eigenvalue weighted by molar-refractivity contribution is 0.0928. The molecule has 5 heteroatoms. The van der Waals surface area contributed by atoms with Gasteiger partial charge in [0.1, 0.15) is 5.56 Å². The molecule has 1 aromatic rings. The number of carbonyl (C=O) groups excluding carboxylic acids is 1. The summed E-state index contributed by atoms with van der Waals surface area (Å²) in [6.45, 7) is 2.10. The molecule has 0 atom stereocenters. The molecule has 1 aliphatic rings. The van der Waals surface area contributed by atoms with Gasteiger partial charge in [-0.3, -0.25) is 4.79 Å². The number of Topliss-reactive ketones (excluding diaryl/α,β-unsaturated/α-hetero) is 1.